The fraction of sp³-hybridized carbons (Fsp3) is 0.400. The third-order valence-electron chi connectivity index (χ3n) is 3.05. The maximum absolute atomic E-state index is 12.3. The van der Waals surface area contributed by atoms with Gasteiger partial charge >= 0.3 is 0 Å². The Hall–Kier alpha value is -1.75. The smallest absolute Gasteiger partial charge is 0.263 e. The van der Waals surface area contributed by atoms with Gasteiger partial charge in [-0.1, -0.05) is 19.9 Å². The number of rotatable bonds is 4. The zero-order valence-corrected chi connectivity index (χ0v) is 13.0. The lowest BCUT2D eigenvalue weighted by Gasteiger charge is -2.13. The number of aromatic nitrogens is 2. The van der Waals surface area contributed by atoms with Crippen molar-refractivity contribution in [2.75, 3.05) is 0 Å². The molecule has 5 heteroatoms. The van der Waals surface area contributed by atoms with Gasteiger partial charge in [-0.05, 0) is 25.5 Å². The van der Waals surface area contributed by atoms with Crippen LogP contribution >= 0.6 is 11.3 Å². The fourth-order valence-electron chi connectivity index (χ4n) is 1.85. The van der Waals surface area contributed by atoms with Crippen LogP contribution in [0.3, 0.4) is 0 Å². The summed E-state index contributed by atoms with van der Waals surface area (Å²) in [6.07, 6.45) is 3.49. The van der Waals surface area contributed by atoms with Crippen LogP contribution < -0.4 is 5.32 Å². The van der Waals surface area contributed by atoms with Crippen LogP contribution in [0.2, 0.25) is 0 Å². The third kappa shape index (κ3) is 3.22. The third-order valence-corrected chi connectivity index (χ3v) is 4.50. The van der Waals surface area contributed by atoms with E-state index in [1.54, 1.807) is 12.4 Å². The number of pyridine rings is 1. The minimum atomic E-state index is -0.0693. The number of aryl methyl sites for hydroxylation is 1. The molecule has 0 aromatic carbocycles. The number of thiazole rings is 1. The molecule has 0 bridgehead atoms. The lowest BCUT2D eigenvalue weighted by atomic mass is 10.1. The number of carbonyl (C=O) groups is 1. The molecule has 0 fully saturated rings. The van der Waals surface area contributed by atoms with Crippen molar-refractivity contribution in [3.05, 3.63) is 45.7 Å². The number of carbonyl (C=O) groups excluding carboxylic acids is 1. The molecule has 1 N–H and O–H groups in total. The monoisotopic (exact) mass is 289 g/mol. The van der Waals surface area contributed by atoms with Crippen molar-refractivity contribution in [1.82, 2.24) is 15.3 Å². The molecule has 1 amide bonds. The fourth-order valence-corrected chi connectivity index (χ4v) is 2.82. The molecule has 2 aromatic heterocycles. The van der Waals surface area contributed by atoms with E-state index in [9.17, 15) is 4.79 Å². The predicted molar refractivity (Wildman–Crippen MR) is 81.1 cm³/mol. The molecule has 0 aliphatic rings. The molecule has 2 heterocycles. The molecule has 20 heavy (non-hydrogen) atoms. The maximum Gasteiger partial charge on any atom is 0.263 e. The van der Waals surface area contributed by atoms with Crippen molar-refractivity contribution < 1.29 is 4.79 Å². The summed E-state index contributed by atoms with van der Waals surface area (Å²) in [4.78, 5) is 21.5. The molecule has 4 nitrogen and oxygen atoms in total. The molecule has 0 spiro atoms. The molecular weight excluding hydrogens is 270 g/mol. The zero-order valence-electron chi connectivity index (χ0n) is 12.2. The topological polar surface area (TPSA) is 54.9 Å². The van der Waals surface area contributed by atoms with Gasteiger partial charge in [0, 0.05) is 18.3 Å². The summed E-state index contributed by atoms with van der Waals surface area (Å²) < 4.78 is 0. The minimum absolute atomic E-state index is 0.0664. The molecule has 106 valence electrons. The largest absolute Gasteiger partial charge is 0.345 e. The average molecular weight is 289 g/mol. The Labute approximate surface area is 123 Å². The molecule has 1 atom stereocenters. The highest BCUT2D eigenvalue weighted by atomic mass is 32.1. The van der Waals surface area contributed by atoms with Crippen LogP contribution in [-0.2, 0) is 0 Å². The summed E-state index contributed by atoms with van der Waals surface area (Å²) in [5, 5.41) is 4.00. The van der Waals surface area contributed by atoms with E-state index in [1.165, 1.54) is 11.3 Å². The number of nitrogens with one attached hydrogen (secondary N) is 1. The van der Waals surface area contributed by atoms with Crippen LogP contribution in [0.25, 0.3) is 0 Å². The molecule has 0 radical (unpaired) electrons. The number of amides is 1. The van der Waals surface area contributed by atoms with Crippen LogP contribution in [-0.4, -0.2) is 15.9 Å². The molecule has 0 aliphatic carbocycles. The molecule has 0 aliphatic heterocycles. The standard InChI is InChI=1S/C15H19N3OS/c1-9(2)15-18-11(4)13(20-15)14(19)17-10(3)12-6-5-7-16-8-12/h5-10H,1-4H3,(H,17,19). The Bertz CT molecular complexity index is 592. The zero-order chi connectivity index (χ0) is 14.7. The van der Waals surface area contributed by atoms with E-state index in [1.807, 2.05) is 26.0 Å². The van der Waals surface area contributed by atoms with Gasteiger partial charge in [0.15, 0.2) is 0 Å². The SMILES string of the molecule is Cc1nc(C(C)C)sc1C(=O)NC(C)c1cccnc1. The molecule has 0 saturated carbocycles. The second-order valence-corrected chi connectivity index (χ2v) is 6.13. The summed E-state index contributed by atoms with van der Waals surface area (Å²) in [5.74, 6) is 0.277. The Morgan fingerprint density at radius 2 is 2.10 bits per heavy atom. The molecule has 2 rings (SSSR count). The second-order valence-electron chi connectivity index (χ2n) is 5.10. The van der Waals surface area contributed by atoms with E-state index in [4.69, 9.17) is 0 Å². The Kier molecular flexibility index (Phi) is 4.49. The van der Waals surface area contributed by atoms with Crippen LogP contribution in [0.4, 0.5) is 0 Å². The maximum atomic E-state index is 12.3. The van der Waals surface area contributed by atoms with E-state index in [-0.39, 0.29) is 11.9 Å². The van der Waals surface area contributed by atoms with E-state index in [0.717, 1.165) is 16.3 Å². The minimum Gasteiger partial charge on any atom is -0.345 e. The van der Waals surface area contributed by atoms with E-state index in [2.05, 4.69) is 29.1 Å². The van der Waals surface area contributed by atoms with Gasteiger partial charge in [0.1, 0.15) is 4.88 Å². The summed E-state index contributed by atoms with van der Waals surface area (Å²) in [6, 6.07) is 3.75. The highest BCUT2D eigenvalue weighted by Gasteiger charge is 2.18. The van der Waals surface area contributed by atoms with E-state index < -0.39 is 0 Å². The van der Waals surface area contributed by atoms with Crippen LogP contribution in [0, 0.1) is 6.92 Å². The first-order chi connectivity index (χ1) is 9.49. The van der Waals surface area contributed by atoms with Gasteiger partial charge in [0.25, 0.3) is 5.91 Å². The summed E-state index contributed by atoms with van der Waals surface area (Å²) >= 11 is 1.47. The van der Waals surface area contributed by atoms with E-state index >= 15 is 0 Å². The predicted octanol–water partition coefficient (Wildman–Crippen LogP) is 3.46. The number of nitrogens with zero attached hydrogens (tertiary/aromatic N) is 2. The van der Waals surface area contributed by atoms with Crippen LogP contribution in [0.15, 0.2) is 24.5 Å². The van der Waals surface area contributed by atoms with Gasteiger partial charge in [-0.2, -0.15) is 0 Å². The second kappa shape index (κ2) is 6.13. The van der Waals surface area contributed by atoms with Crippen LogP contribution in [0.5, 0.6) is 0 Å². The molecule has 2 aromatic rings. The lowest BCUT2D eigenvalue weighted by Crippen LogP contribution is -2.26. The quantitative estimate of drug-likeness (QED) is 0.937. The van der Waals surface area contributed by atoms with Crippen LogP contribution in [0.1, 0.15) is 58.7 Å². The highest BCUT2D eigenvalue weighted by molar-refractivity contribution is 7.13. The van der Waals surface area contributed by atoms with Gasteiger partial charge in [0.2, 0.25) is 0 Å². The van der Waals surface area contributed by atoms with Gasteiger partial charge in [-0.3, -0.25) is 9.78 Å². The van der Waals surface area contributed by atoms with Crippen molar-refractivity contribution in [2.45, 2.75) is 39.7 Å². The van der Waals surface area contributed by atoms with Gasteiger partial charge in [-0.15, -0.1) is 11.3 Å². The number of hydrogen-bond acceptors (Lipinski definition) is 4. The lowest BCUT2D eigenvalue weighted by molar-refractivity contribution is 0.0943. The summed E-state index contributed by atoms with van der Waals surface area (Å²) in [5.41, 5.74) is 1.79. The Balaban J connectivity index is 2.12. The van der Waals surface area contributed by atoms with Gasteiger partial charge in [0.05, 0.1) is 16.7 Å². The van der Waals surface area contributed by atoms with Crippen molar-refractivity contribution >= 4 is 17.2 Å². The summed E-state index contributed by atoms with van der Waals surface area (Å²) in [7, 11) is 0. The Morgan fingerprint density at radius 3 is 2.65 bits per heavy atom. The normalized spacial score (nSPS) is 12.4. The van der Waals surface area contributed by atoms with Gasteiger partial charge < -0.3 is 5.32 Å². The van der Waals surface area contributed by atoms with Crippen molar-refractivity contribution in [3.8, 4) is 0 Å². The molecular formula is C15H19N3OS. The first-order valence-electron chi connectivity index (χ1n) is 6.67. The van der Waals surface area contributed by atoms with Crippen molar-refractivity contribution in [1.29, 1.82) is 0 Å². The first kappa shape index (κ1) is 14.7. The highest BCUT2D eigenvalue weighted by Crippen LogP contribution is 2.25. The van der Waals surface area contributed by atoms with E-state index in [0.29, 0.717) is 10.8 Å². The molecule has 0 saturated heterocycles. The summed E-state index contributed by atoms with van der Waals surface area (Å²) in [6.45, 7) is 8.00. The van der Waals surface area contributed by atoms with Gasteiger partial charge in [-0.25, -0.2) is 4.98 Å². The van der Waals surface area contributed by atoms with Crippen molar-refractivity contribution in [2.24, 2.45) is 0 Å². The Morgan fingerprint density at radius 1 is 1.35 bits per heavy atom. The first-order valence-corrected chi connectivity index (χ1v) is 7.48. The van der Waals surface area contributed by atoms with Crippen molar-refractivity contribution in [3.63, 3.8) is 0 Å². The number of hydrogen-bond donors (Lipinski definition) is 1. The average Bonchev–Trinajstić information content (AvgIpc) is 2.82. The molecule has 1 unspecified atom stereocenters.